The summed E-state index contributed by atoms with van der Waals surface area (Å²) < 4.78 is 5.44. The number of carbonyl (C=O) groups is 1. The van der Waals surface area contributed by atoms with Crippen molar-refractivity contribution < 1.29 is 9.21 Å². The number of furan rings is 1. The first-order valence-electron chi connectivity index (χ1n) is 9.84. The Hall–Kier alpha value is -2.95. The van der Waals surface area contributed by atoms with Crippen molar-refractivity contribution >= 4 is 5.91 Å². The topological polar surface area (TPSA) is 68.0 Å². The molecular weight excluding hydrogens is 362 g/mol. The monoisotopic (exact) mass is 391 g/mol. The SMILES string of the molecule is CC(C)(C)c1cc(C(=O)NCc2nccnc2-c2ccco2)cc(C(C)(C)C)c1. The number of hydrogen-bond acceptors (Lipinski definition) is 4. The van der Waals surface area contributed by atoms with Crippen molar-refractivity contribution in [2.45, 2.75) is 58.9 Å². The molecule has 0 saturated heterocycles. The largest absolute Gasteiger partial charge is 0.463 e. The van der Waals surface area contributed by atoms with E-state index < -0.39 is 0 Å². The number of rotatable bonds is 4. The van der Waals surface area contributed by atoms with E-state index in [9.17, 15) is 4.79 Å². The molecule has 2 heterocycles. The van der Waals surface area contributed by atoms with Crippen molar-refractivity contribution in [3.8, 4) is 11.5 Å². The summed E-state index contributed by atoms with van der Waals surface area (Å²) in [5.41, 5.74) is 4.15. The number of aromatic nitrogens is 2. The van der Waals surface area contributed by atoms with E-state index in [0.29, 0.717) is 22.7 Å². The Morgan fingerprint density at radius 1 is 0.966 bits per heavy atom. The molecule has 1 aromatic carbocycles. The van der Waals surface area contributed by atoms with Crippen LogP contribution >= 0.6 is 0 Å². The maximum absolute atomic E-state index is 13.0. The van der Waals surface area contributed by atoms with E-state index in [0.717, 1.165) is 11.1 Å². The zero-order valence-corrected chi connectivity index (χ0v) is 18.0. The molecule has 1 N–H and O–H groups in total. The molecule has 0 fully saturated rings. The molecule has 0 saturated carbocycles. The minimum Gasteiger partial charge on any atom is -0.463 e. The summed E-state index contributed by atoms with van der Waals surface area (Å²) in [6.07, 6.45) is 4.83. The van der Waals surface area contributed by atoms with Gasteiger partial charge in [-0.25, -0.2) is 4.98 Å². The van der Waals surface area contributed by atoms with Crippen molar-refractivity contribution in [1.29, 1.82) is 0 Å². The van der Waals surface area contributed by atoms with E-state index >= 15 is 0 Å². The third-order valence-corrected chi connectivity index (χ3v) is 4.87. The Balaban J connectivity index is 1.87. The van der Waals surface area contributed by atoms with E-state index in [1.54, 1.807) is 24.7 Å². The lowest BCUT2D eigenvalue weighted by Gasteiger charge is -2.26. The highest BCUT2D eigenvalue weighted by atomic mass is 16.3. The molecule has 0 radical (unpaired) electrons. The number of nitrogens with zero attached hydrogens (tertiary/aromatic N) is 2. The minimum atomic E-state index is -0.127. The van der Waals surface area contributed by atoms with Crippen LogP contribution in [0.25, 0.3) is 11.5 Å². The van der Waals surface area contributed by atoms with Crippen LogP contribution in [0.5, 0.6) is 0 Å². The second kappa shape index (κ2) is 7.82. The van der Waals surface area contributed by atoms with Crippen molar-refractivity contribution in [3.63, 3.8) is 0 Å². The van der Waals surface area contributed by atoms with Crippen molar-refractivity contribution in [1.82, 2.24) is 15.3 Å². The summed E-state index contributed by atoms with van der Waals surface area (Å²) in [6.45, 7) is 13.2. The van der Waals surface area contributed by atoms with Crippen LogP contribution in [-0.2, 0) is 17.4 Å². The second-order valence-corrected chi connectivity index (χ2v) is 9.31. The Labute approximate surface area is 172 Å². The molecule has 0 aliphatic rings. The summed E-state index contributed by atoms with van der Waals surface area (Å²) in [5.74, 6) is 0.504. The maximum Gasteiger partial charge on any atom is 0.251 e. The van der Waals surface area contributed by atoms with Gasteiger partial charge in [0, 0.05) is 18.0 Å². The van der Waals surface area contributed by atoms with Crippen LogP contribution in [0.2, 0.25) is 0 Å². The van der Waals surface area contributed by atoms with Gasteiger partial charge in [-0.2, -0.15) is 0 Å². The Kier molecular flexibility index (Phi) is 5.60. The van der Waals surface area contributed by atoms with Gasteiger partial charge in [0.25, 0.3) is 5.91 Å². The average Bonchev–Trinajstić information content (AvgIpc) is 3.19. The molecule has 0 atom stereocenters. The maximum atomic E-state index is 13.0. The normalized spacial score (nSPS) is 12.1. The first-order chi connectivity index (χ1) is 13.6. The van der Waals surface area contributed by atoms with E-state index in [2.05, 4.69) is 62.9 Å². The molecule has 3 aromatic rings. The van der Waals surface area contributed by atoms with Crippen LogP contribution in [0.3, 0.4) is 0 Å². The van der Waals surface area contributed by atoms with E-state index in [-0.39, 0.29) is 23.3 Å². The summed E-state index contributed by atoms with van der Waals surface area (Å²) >= 11 is 0. The number of carbonyl (C=O) groups excluding carboxylic acids is 1. The Morgan fingerprint density at radius 2 is 1.59 bits per heavy atom. The number of amides is 1. The van der Waals surface area contributed by atoms with Crippen molar-refractivity contribution in [3.05, 3.63) is 71.4 Å². The summed E-state index contributed by atoms with van der Waals surface area (Å²) in [4.78, 5) is 21.7. The van der Waals surface area contributed by atoms with Crippen molar-refractivity contribution in [2.24, 2.45) is 0 Å². The minimum absolute atomic E-state index is 0.0480. The zero-order valence-electron chi connectivity index (χ0n) is 18.0. The van der Waals surface area contributed by atoms with Crippen molar-refractivity contribution in [2.75, 3.05) is 0 Å². The predicted molar refractivity (Wildman–Crippen MR) is 115 cm³/mol. The molecular formula is C24H29N3O2. The van der Waals surface area contributed by atoms with Gasteiger partial charge in [0.15, 0.2) is 5.76 Å². The molecule has 0 spiro atoms. The molecule has 0 bridgehead atoms. The zero-order chi connectivity index (χ0) is 21.2. The molecule has 0 aliphatic carbocycles. The fraction of sp³-hybridized carbons (Fsp3) is 0.375. The lowest BCUT2D eigenvalue weighted by Crippen LogP contribution is -2.26. The fourth-order valence-electron chi connectivity index (χ4n) is 3.01. The third kappa shape index (κ3) is 4.91. The highest BCUT2D eigenvalue weighted by Gasteiger charge is 2.22. The van der Waals surface area contributed by atoms with E-state index in [1.807, 2.05) is 18.2 Å². The lowest BCUT2D eigenvalue weighted by atomic mass is 9.79. The van der Waals surface area contributed by atoms with Crippen LogP contribution < -0.4 is 5.32 Å². The number of hydrogen-bond donors (Lipinski definition) is 1. The summed E-state index contributed by atoms with van der Waals surface area (Å²) in [7, 11) is 0. The highest BCUT2D eigenvalue weighted by Crippen LogP contribution is 2.30. The highest BCUT2D eigenvalue weighted by molar-refractivity contribution is 5.94. The van der Waals surface area contributed by atoms with Gasteiger partial charge in [0.05, 0.1) is 18.5 Å². The van der Waals surface area contributed by atoms with Gasteiger partial charge in [-0.05, 0) is 46.2 Å². The molecule has 3 rings (SSSR count). The molecule has 5 heteroatoms. The molecule has 0 aliphatic heterocycles. The lowest BCUT2D eigenvalue weighted by molar-refractivity contribution is 0.0950. The molecule has 2 aromatic heterocycles. The van der Waals surface area contributed by atoms with Gasteiger partial charge < -0.3 is 9.73 Å². The molecule has 1 amide bonds. The quantitative estimate of drug-likeness (QED) is 0.658. The van der Waals surface area contributed by atoms with E-state index in [1.165, 1.54) is 0 Å². The van der Waals surface area contributed by atoms with Gasteiger partial charge in [0.1, 0.15) is 5.69 Å². The van der Waals surface area contributed by atoms with Crippen LogP contribution in [0, 0.1) is 0 Å². The average molecular weight is 392 g/mol. The van der Waals surface area contributed by atoms with Crippen LogP contribution in [0.15, 0.2) is 53.4 Å². The molecule has 152 valence electrons. The second-order valence-electron chi connectivity index (χ2n) is 9.31. The number of benzene rings is 1. The first-order valence-corrected chi connectivity index (χ1v) is 9.84. The standard InChI is InChI=1S/C24H29N3O2/c1-23(2,3)17-12-16(13-18(14-17)24(4,5)6)22(28)27-15-19-21(26-10-9-25-19)20-8-7-11-29-20/h7-14H,15H2,1-6H3,(H,27,28). The third-order valence-electron chi connectivity index (χ3n) is 4.87. The van der Waals surface area contributed by atoms with Crippen LogP contribution in [0.1, 0.15) is 68.7 Å². The summed E-state index contributed by atoms with van der Waals surface area (Å²) in [5, 5.41) is 2.99. The van der Waals surface area contributed by atoms with Gasteiger partial charge in [-0.1, -0.05) is 47.6 Å². The van der Waals surface area contributed by atoms with Crippen LogP contribution in [-0.4, -0.2) is 15.9 Å². The predicted octanol–water partition coefficient (Wildman–Crippen LogP) is 5.26. The van der Waals surface area contributed by atoms with Crippen LogP contribution in [0.4, 0.5) is 0 Å². The Morgan fingerprint density at radius 3 is 2.14 bits per heavy atom. The van der Waals surface area contributed by atoms with E-state index in [4.69, 9.17) is 4.42 Å². The van der Waals surface area contributed by atoms with Gasteiger partial charge in [-0.15, -0.1) is 0 Å². The molecule has 29 heavy (non-hydrogen) atoms. The van der Waals surface area contributed by atoms with Gasteiger partial charge in [-0.3, -0.25) is 9.78 Å². The smallest absolute Gasteiger partial charge is 0.251 e. The Bertz CT molecular complexity index is 961. The molecule has 0 unspecified atom stereocenters. The fourth-order valence-corrected chi connectivity index (χ4v) is 3.01. The van der Waals surface area contributed by atoms with Gasteiger partial charge in [0.2, 0.25) is 0 Å². The summed E-state index contributed by atoms with van der Waals surface area (Å²) in [6, 6.07) is 9.80. The number of nitrogens with one attached hydrogen (secondary N) is 1. The molecule has 5 nitrogen and oxygen atoms in total. The van der Waals surface area contributed by atoms with Gasteiger partial charge >= 0.3 is 0 Å². The first kappa shape index (κ1) is 20.8.